The quantitative estimate of drug-likeness (QED) is 0.352. The monoisotopic (exact) mass is 508 g/mol. The molecule has 0 radical (unpaired) electrons. The maximum atomic E-state index is 11.8. The average Bonchev–Trinajstić information content (AvgIpc) is 3.50. The van der Waals surface area contributed by atoms with Gasteiger partial charge in [-0.3, -0.25) is 9.78 Å². The molecule has 3 aromatic heterocycles. The van der Waals surface area contributed by atoms with Crippen LogP contribution in [-0.4, -0.2) is 43.6 Å². The largest absolute Gasteiger partial charge is 0.364 e. The molecule has 2 atom stereocenters. The highest BCUT2D eigenvalue weighted by molar-refractivity contribution is 8.05. The van der Waals surface area contributed by atoms with E-state index in [2.05, 4.69) is 67.9 Å². The number of aliphatic hydroxyl groups is 1. The Hall–Kier alpha value is -2.79. The van der Waals surface area contributed by atoms with E-state index in [9.17, 15) is 9.90 Å². The summed E-state index contributed by atoms with van der Waals surface area (Å²) >= 11 is 2.76. The summed E-state index contributed by atoms with van der Waals surface area (Å²) in [5.41, 5.74) is 2.98. The predicted molar refractivity (Wildman–Crippen MR) is 141 cm³/mol. The number of carbonyl (C=O) groups is 1. The lowest BCUT2D eigenvalue weighted by molar-refractivity contribution is -0.117. The molecule has 182 valence electrons. The maximum absolute atomic E-state index is 11.8. The van der Waals surface area contributed by atoms with Gasteiger partial charge in [0.15, 0.2) is 5.56 Å². The summed E-state index contributed by atoms with van der Waals surface area (Å²) in [6, 6.07) is 11.0. The van der Waals surface area contributed by atoms with E-state index in [-0.39, 0.29) is 11.9 Å². The van der Waals surface area contributed by atoms with Gasteiger partial charge in [-0.1, -0.05) is 17.8 Å². The first-order valence-corrected chi connectivity index (χ1v) is 13.6. The van der Waals surface area contributed by atoms with Crippen LogP contribution in [0.2, 0.25) is 0 Å². The molecule has 1 aliphatic carbocycles. The van der Waals surface area contributed by atoms with Crippen LogP contribution in [0.25, 0.3) is 17.3 Å². The summed E-state index contributed by atoms with van der Waals surface area (Å²) < 4.78 is 0. The number of amides is 1. The maximum Gasteiger partial charge on any atom is 0.260 e. The van der Waals surface area contributed by atoms with Gasteiger partial charge in [0.05, 0.1) is 22.0 Å². The molecule has 4 N–H and O–H groups in total. The van der Waals surface area contributed by atoms with Gasteiger partial charge in [0, 0.05) is 35.3 Å². The number of anilines is 1. The van der Waals surface area contributed by atoms with Crippen molar-refractivity contribution < 1.29 is 9.90 Å². The molecule has 35 heavy (non-hydrogen) atoms. The number of aliphatic hydroxyl groups excluding tert-OH is 1. The van der Waals surface area contributed by atoms with E-state index in [4.69, 9.17) is 4.98 Å². The lowest BCUT2D eigenvalue weighted by Crippen LogP contribution is -2.38. The van der Waals surface area contributed by atoms with Crippen LogP contribution in [0.1, 0.15) is 50.0 Å². The standard InChI is InChI=1S/C25H28N6O2S2/c1-15(20-3-2-4-21(30-20)16-10-12-34-14-16)27-17-5-7-18(8-6-17)28-24-26-11-9-19(29-24)13-22-23(32)31-25(33)35-22/h2-4,9-15,17-18,25,27,33H,5-8H2,1H3,(H,31,32)(H,26,28,29)/b22-13-. The summed E-state index contributed by atoms with van der Waals surface area (Å²) in [6.45, 7) is 2.18. The van der Waals surface area contributed by atoms with E-state index in [1.807, 2.05) is 0 Å². The zero-order chi connectivity index (χ0) is 24.2. The molecule has 0 aromatic carbocycles. The smallest absolute Gasteiger partial charge is 0.260 e. The number of nitrogens with one attached hydrogen (secondary N) is 3. The Morgan fingerprint density at radius 1 is 1.14 bits per heavy atom. The van der Waals surface area contributed by atoms with Crippen molar-refractivity contribution in [1.29, 1.82) is 0 Å². The van der Waals surface area contributed by atoms with E-state index in [0.29, 0.717) is 28.6 Å². The Bertz CT molecular complexity index is 1190. The molecule has 1 saturated carbocycles. The van der Waals surface area contributed by atoms with Gasteiger partial charge in [0.1, 0.15) is 0 Å². The summed E-state index contributed by atoms with van der Waals surface area (Å²) in [6.07, 6.45) is 7.52. The summed E-state index contributed by atoms with van der Waals surface area (Å²) in [5, 5.41) is 23.4. The predicted octanol–water partition coefficient (Wildman–Crippen LogP) is 4.15. The second kappa shape index (κ2) is 10.9. The molecule has 2 aliphatic rings. The average molecular weight is 509 g/mol. The topological polar surface area (TPSA) is 112 Å². The molecule has 1 aliphatic heterocycles. The van der Waals surface area contributed by atoms with Crippen LogP contribution >= 0.6 is 23.1 Å². The SMILES string of the molecule is CC(NC1CCC(Nc2nccc(/C=C3\SC(O)NC3=O)n2)CC1)c1cccc(-c2ccsc2)n1. The minimum absolute atomic E-state index is 0.181. The molecule has 8 nitrogen and oxygen atoms in total. The zero-order valence-corrected chi connectivity index (χ0v) is 21.0. The minimum atomic E-state index is -0.902. The van der Waals surface area contributed by atoms with Gasteiger partial charge in [0.25, 0.3) is 5.91 Å². The van der Waals surface area contributed by atoms with Gasteiger partial charge in [-0.15, -0.1) is 0 Å². The Morgan fingerprint density at radius 2 is 1.97 bits per heavy atom. The molecule has 1 saturated heterocycles. The first-order valence-electron chi connectivity index (χ1n) is 11.8. The van der Waals surface area contributed by atoms with Crippen molar-refractivity contribution in [2.45, 2.75) is 56.3 Å². The van der Waals surface area contributed by atoms with Gasteiger partial charge in [-0.2, -0.15) is 11.3 Å². The molecule has 2 unspecified atom stereocenters. The Kier molecular flexibility index (Phi) is 7.43. The first-order chi connectivity index (χ1) is 17.0. The fourth-order valence-corrected chi connectivity index (χ4v) is 5.84. The molecule has 3 aromatic rings. The Morgan fingerprint density at radius 3 is 2.71 bits per heavy atom. The van der Waals surface area contributed by atoms with Crippen molar-refractivity contribution in [3.63, 3.8) is 0 Å². The molecule has 4 heterocycles. The van der Waals surface area contributed by atoms with Crippen molar-refractivity contribution >= 4 is 41.0 Å². The van der Waals surface area contributed by atoms with E-state index in [0.717, 1.165) is 48.8 Å². The number of aromatic nitrogens is 3. The second-order valence-corrected chi connectivity index (χ2v) is 10.7. The van der Waals surface area contributed by atoms with Gasteiger partial charge in [0.2, 0.25) is 5.95 Å². The van der Waals surface area contributed by atoms with Gasteiger partial charge < -0.3 is 21.1 Å². The number of pyridine rings is 1. The van der Waals surface area contributed by atoms with Gasteiger partial charge in [-0.05, 0) is 68.3 Å². The molecule has 0 spiro atoms. The number of nitrogens with zero attached hydrogens (tertiary/aromatic N) is 3. The van der Waals surface area contributed by atoms with Gasteiger partial charge in [-0.25, -0.2) is 9.97 Å². The van der Waals surface area contributed by atoms with Crippen LogP contribution in [-0.2, 0) is 4.79 Å². The van der Waals surface area contributed by atoms with E-state index in [1.54, 1.807) is 29.7 Å². The van der Waals surface area contributed by atoms with Crippen LogP contribution in [0.4, 0.5) is 5.95 Å². The Labute approximate surface area is 212 Å². The number of carbonyl (C=O) groups excluding carboxylic acids is 1. The second-order valence-electron chi connectivity index (χ2n) is 8.80. The van der Waals surface area contributed by atoms with Crippen molar-refractivity contribution in [2.75, 3.05) is 5.32 Å². The Balaban J connectivity index is 1.13. The highest BCUT2D eigenvalue weighted by atomic mass is 32.2. The third kappa shape index (κ3) is 6.07. The molecular formula is C25H28N6O2S2. The molecule has 5 rings (SSSR count). The van der Waals surface area contributed by atoms with Crippen molar-refractivity contribution in [3.8, 4) is 11.3 Å². The third-order valence-corrected chi connectivity index (χ3v) is 7.83. The zero-order valence-electron chi connectivity index (χ0n) is 19.3. The van der Waals surface area contributed by atoms with Crippen molar-refractivity contribution in [1.82, 2.24) is 25.6 Å². The molecular weight excluding hydrogens is 480 g/mol. The molecule has 10 heteroatoms. The molecule has 0 bridgehead atoms. The van der Waals surface area contributed by atoms with Crippen molar-refractivity contribution in [3.05, 3.63) is 63.6 Å². The molecule has 1 amide bonds. The van der Waals surface area contributed by atoms with E-state index in [1.165, 1.54) is 5.56 Å². The van der Waals surface area contributed by atoms with E-state index >= 15 is 0 Å². The fourth-order valence-electron chi connectivity index (χ4n) is 4.43. The van der Waals surface area contributed by atoms with Crippen LogP contribution in [0.5, 0.6) is 0 Å². The highest BCUT2D eigenvalue weighted by Gasteiger charge is 2.26. The summed E-state index contributed by atoms with van der Waals surface area (Å²) in [5.74, 6) is 0.270. The third-order valence-electron chi connectivity index (χ3n) is 6.25. The van der Waals surface area contributed by atoms with E-state index < -0.39 is 5.56 Å². The van der Waals surface area contributed by atoms with Crippen LogP contribution in [0.3, 0.4) is 0 Å². The number of thioether (sulfide) groups is 1. The van der Waals surface area contributed by atoms with Gasteiger partial charge >= 0.3 is 0 Å². The fraction of sp³-hybridized carbons (Fsp3) is 0.360. The lowest BCUT2D eigenvalue weighted by Gasteiger charge is -2.31. The molecule has 2 fully saturated rings. The van der Waals surface area contributed by atoms with Crippen LogP contribution < -0.4 is 16.0 Å². The summed E-state index contributed by atoms with van der Waals surface area (Å²) in [7, 11) is 0. The minimum Gasteiger partial charge on any atom is -0.364 e. The van der Waals surface area contributed by atoms with Crippen LogP contribution in [0, 0.1) is 0 Å². The first kappa shape index (κ1) is 23.9. The number of hydrogen-bond donors (Lipinski definition) is 4. The summed E-state index contributed by atoms with van der Waals surface area (Å²) in [4.78, 5) is 26.0. The van der Waals surface area contributed by atoms with Crippen LogP contribution in [0.15, 0.2) is 52.2 Å². The van der Waals surface area contributed by atoms with Crippen molar-refractivity contribution in [2.24, 2.45) is 0 Å². The lowest BCUT2D eigenvalue weighted by atomic mass is 9.90. The number of thiophene rings is 1. The normalized spacial score (nSPS) is 24.3. The highest BCUT2D eigenvalue weighted by Crippen LogP contribution is 2.28. The number of rotatable bonds is 7. The number of hydrogen-bond acceptors (Lipinski definition) is 9.